The third kappa shape index (κ3) is 2.95. The van der Waals surface area contributed by atoms with Crippen LogP contribution in [-0.2, 0) is 6.42 Å². The van der Waals surface area contributed by atoms with Gasteiger partial charge in [-0.2, -0.15) is 11.3 Å². The summed E-state index contributed by atoms with van der Waals surface area (Å²) >= 11 is 7.66. The van der Waals surface area contributed by atoms with Gasteiger partial charge in [0.15, 0.2) is 5.76 Å². The summed E-state index contributed by atoms with van der Waals surface area (Å²) in [6.07, 6.45) is 0.578. The predicted molar refractivity (Wildman–Crippen MR) is 102 cm³/mol. The molecular formula is C20H13ClO3S. The van der Waals surface area contributed by atoms with Crippen molar-refractivity contribution in [1.82, 2.24) is 0 Å². The van der Waals surface area contributed by atoms with Gasteiger partial charge in [0.05, 0.1) is 5.39 Å². The van der Waals surface area contributed by atoms with Crippen molar-refractivity contribution < 1.29 is 9.52 Å². The Kier molecular flexibility index (Phi) is 4.07. The number of hydrogen-bond acceptors (Lipinski definition) is 4. The summed E-state index contributed by atoms with van der Waals surface area (Å²) in [5, 5.41) is 14.7. The fourth-order valence-electron chi connectivity index (χ4n) is 2.86. The number of thiophene rings is 1. The van der Waals surface area contributed by atoms with Crippen molar-refractivity contribution in [3.8, 4) is 17.1 Å². The van der Waals surface area contributed by atoms with Gasteiger partial charge >= 0.3 is 0 Å². The smallest absolute Gasteiger partial charge is 0.235 e. The molecule has 0 radical (unpaired) electrons. The molecule has 0 atom stereocenters. The average Bonchev–Trinajstić information content (AvgIpc) is 3.14. The minimum atomic E-state index is -0.473. The SMILES string of the molecule is O=c1c(O)c(-c2ccsc2)oc2c(Cc3ccccc3)cc(Cl)cc12. The molecule has 3 nitrogen and oxygen atoms in total. The number of aromatic hydroxyl groups is 1. The molecule has 0 aliphatic rings. The normalized spacial score (nSPS) is 11.1. The fraction of sp³-hybridized carbons (Fsp3) is 0.0500. The molecule has 0 unspecified atom stereocenters. The maximum Gasteiger partial charge on any atom is 0.235 e. The van der Waals surface area contributed by atoms with Gasteiger partial charge in [-0.05, 0) is 29.1 Å². The molecule has 4 aromatic rings. The Labute approximate surface area is 152 Å². The molecule has 0 saturated heterocycles. The molecule has 5 heteroatoms. The first-order valence-corrected chi connectivity index (χ1v) is 9.00. The van der Waals surface area contributed by atoms with E-state index in [1.165, 1.54) is 17.4 Å². The molecule has 0 saturated carbocycles. The molecular weight excluding hydrogens is 356 g/mol. The van der Waals surface area contributed by atoms with E-state index in [1.54, 1.807) is 12.1 Å². The Morgan fingerprint density at radius 1 is 1.12 bits per heavy atom. The van der Waals surface area contributed by atoms with Crippen LogP contribution in [0.15, 0.2) is 68.5 Å². The highest BCUT2D eigenvalue weighted by molar-refractivity contribution is 7.08. The highest BCUT2D eigenvalue weighted by atomic mass is 35.5. The Balaban J connectivity index is 1.98. The second-order valence-electron chi connectivity index (χ2n) is 5.72. The quantitative estimate of drug-likeness (QED) is 0.521. The van der Waals surface area contributed by atoms with E-state index in [-0.39, 0.29) is 16.9 Å². The van der Waals surface area contributed by atoms with E-state index in [1.807, 2.05) is 41.1 Å². The zero-order chi connectivity index (χ0) is 17.4. The standard InChI is InChI=1S/C20H13ClO3S/c21-15-9-14(8-12-4-2-1-3-5-12)19-16(10-15)17(22)18(23)20(24-19)13-6-7-25-11-13/h1-7,9-11,23H,8H2. The summed E-state index contributed by atoms with van der Waals surface area (Å²) < 4.78 is 5.97. The molecule has 0 amide bonds. The van der Waals surface area contributed by atoms with E-state index in [0.29, 0.717) is 22.6 Å². The predicted octanol–water partition coefficient (Wildman–Crippen LogP) is 5.47. The van der Waals surface area contributed by atoms with E-state index in [9.17, 15) is 9.90 Å². The Hall–Kier alpha value is -2.56. The van der Waals surface area contributed by atoms with Crippen LogP contribution >= 0.6 is 22.9 Å². The van der Waals surface area contributed by atoms with Gasteiger partial charge in [-0.1, -0.05) is 41.9 Å². The number of halogens is 1. The van der Waals surface area contributed by atoms with Crippen molar-refractivity contribution in [2.75, 3.05) is 0 Å². The first-order valence-electron chi connectivity index (χ1n) is 7.68. The van der Waals surface area contributed by atoms with E-state index in [2.05, 4.69) is 0 Å². The lowest BCUT2D eigenvalue weighted by molar-refractivity contribution is 0.449. The maximum absolute atomic E-state index is 12.6. The van der Waals surface area contributed by atoms with Gasteiger partial charge in [-0.3, -0.25) is 4.79 Å². The van der Waals surface area contributed by atoms with Crippen LogP contribution in [0, 0.1) is 0 Å². The van der Waals surface area contributed by atoms with Crippen molar-refractivity contribution in [3.63, 3.8) is 0 Å². The third-order valence-electron chi connectivity index (χ3n) is 4.03. The van der Waals surface area contributed by atoms with Gasteiger partial charge in [0.25, 0.3) is 0 Å². The summed E-state index contributed by atoms with van der Waals surface area (Å²) in [7, 11) is 0. The Bertz CT molecular complexity index is 1100. The average molecular weight is 369 g/mol. The van der Waals surface area contributed by atoms with Gasteiger partial charge in [-0.15, -0.1) is 0 Å². The molecule has 2 heterocycles. The minimum Gasteiger partial charge on any atom is -0.502 e. The second-order valence-corrected chi connectivity index (χ2v) is 6.94. The number of rotatable bonds is 3. The van der Waals surface area contributed by atoms with E-state index in [0.717, 1.165) is 11.1 Å². The first-order chi connectivity index (χ1) is 12.1. The molecule has 0 fully saturated rings. The summed E-state index contributed by atoms with van der Waals surface area (Å²) in [5.74, 6) is -0.200. The van der Waals surface area contributed by atoms with Gasteiger partial charge in [0.2, 0.25) is 11.2 Å². The van der Waals surface area contributed by atoms with Crippen molar-refractivity contribution >= 4 is 33.9 Å². The highest BCUT2D eigenvalue weighted by Crippen LogP contribution is 2.34. The van der Waals surface area contributed by atoms with Crippen molar-refractivity contribution in [1.29, 1.82) is 0 Å². The first kappa shape index (κ1) is 15.9. The molecule has 2 aromatic carbocycles. The summed E-state index contributed by atoms with van der Waals surface area (Å²) in [6, 6.07) is 15.0. The van der Waals surface area contributed by atoms with Crippen LogP contribution < -0.4 is 5.43 Å². The van der Waals surface area contributed by atoms with Crippen molar-refractivity contribution in [2.24, 2.45) is 0 Å². The monoisotopic (exact) mass is 368 g/mol. The maximum atomic E-state index is 12.6. The number of fused-ring (bicyclic) bond motifs is 1. The Morgan fingerprint density at radius 3 is 2.64 bits per heavy atom. The Morgan fingerprint density at radius 2 is 1.92 bits per heavy atom. The second kappa shape index (κ2) is 6.39. The van der Waals surface area contributed by atoms with Crippen molar-refractivity contribution in [2.45, 2.75) is 6.42 Å². The molecule has 2 aromatic heterocycles. The van der Waals surface area contributed by atoms with Gasteiger partial charge in [0.1, 0.15) is 5.58 Å². The molecule has 4 rings (SSSR count). The summed E-state index contributed by atoms with van der Waals surface area (Å²) in [4.78, 5) is 12.6. The minimum absolute atomic E-state index is 0.190. The van der Waals surface area contributed by atoms with Crippen LogP contribution in [0.3, 0.4) is 0 Å². The van der Waals surface area contributed by atoms with Gasteiger partial charge in [0, 0.05) is 28.0 Å². The lowest BCUT2D eigenvalue weighted by Gasteiger charge is -2.10. The van der Waals surface area contributed by atoms with E-state index in [4.69, 9.17) is 16.0 Å². The van der Waals surface area contributed by atoms with Crippen LogP contribution in [0.1, 0.15) is 11.1 Å². The summed E-state index contributed by atoms with van der Waals surface area (Å²) in [6.45, 7) is 0. The molecule has 0 aliphatic heterocycles. The van der Waals surface area contributed by atoms with E-state index < -0.39 is 5.43 Å². The van der Waals surface area contributed by atoms with Crippen LogP contribution in [0.25, 0.3) is 22.3 Å². The van der Waals surface area contributed by atoms with Crippen LogP contribution in [0.4, 0.5) is 0 Å². The zero-order valence-corrected chi connectivity index (χ0v) is 14.6. The molecule has 124 valence electrons. The van der Waals surface area contributed by atoms with Crippen molar-refractivity contribution in [3.05, 3.63) is 85.7 Å². The summed E-state index contributed by atoms with van der Waals surface area (Å²) in [5.41, 5.74) is 2.56. The molecule has 0 aliphatic carbocycles. The topological polar surface area (TPSA) is 50.4 Å². The van der Waals surface area contributed by atoms with E-state index >= 15 is 0 Å². The lowest BCUT2D eigenvalue weighted by Crippen LogP contribution is -2.04. The zero-order valence-electron chi connectivity index (χ0n) is 13.0. The lowest BCUT2D eigenvalue weighted by atomic mass is 10.0. The largest absolute Gasteiger partial charge is 0.502 e. The third-order valence-corrected chi connectivity index (χ3v) is 4.93. The van der Waals surface area contributed by atoms with Gasteiger partial charge < -0.3 is 9.52 Å². The van der Waals surface area contributed by atoms with Crippen LogP contribution in [-0.4, -0.2) is 5.11 Å². The number of benzene rings is 2. The molecule has 0 spiro atoms. The highest BCUT2D eigenvalue weighted by Gasteiger charge is 2.18. The van der Waals surface area contributed by atoms with Crippen LogP contribution in [0.5, 0.6) is 5.75 Å². The number of hydrogen-bond donors (Lipinski definition) is 1. The van der Waals surface area contributed by atoms with Crippen LogP contribution in [0.2, 0.25) is 5.02 Å². The molecule has 1 N–H and O–H groups in total. The van der Waals surface area contributed by atoms with Gasteiger partial charge in [-0.25, -0.2) is 0 Å². The molecule has 0 bridgehead atoms. The molecule has 25 heavy (non-hydrogen) atoms. The fourth-order valence-corrected chi connectivity index (χ4v) is 3.73.